The lowest BCUT2D eigenvalue weighted by Gasteiger charge is -2.29. The zero-order valence-corrected chi connectivity index (χ0v) is 17.8. The van der Waals surface area contributed by atoms with Crippen molar-refractivity contribution < 1.29 is 24.5 Å². The number of benzene rings is 1. The second-order valence-corrected chi connectivity index (χ2v) is 8.47. The number of anilines is 1. The molecule has 0 spiro atoms. The van der Waals surface area contributed by atoms with Crippen molar-refractivity contribution in [2.24, 2.45) is 0 Å². The highest BCUT2D eigenvalue weighted by molar-refractivity contribution is 6.31. The maximum Gasteiger partial charge on any atom is 0.340 e. The molecule has 1 aromatic carbocycles. The minimum absolute atomic E-state index is 0.160. The third-order valence-corrected chi connectivity index (χ3v) is 6.64. The van der Waals surface area contributed by atoms with Gasteiger partial charge in [0.25, 0.3) is 5.56 Å². The number of esters is 1. The van der Waals surface area contributed by atoms with E-state index in [2.05, 4.69) is 10.6 Å². The minimum Gasteiger partial charge on any atom is -0.458 e. The van der Waals surface area contributed by atoms with Crippen LogP contribution in [0.3, 0.4) is 0 Å². The van der Waals surface area contributed by atoms with E-state index in [1.54, 1.807) is 16.7 Å². The van der Waals surface area contributed by atoms with Crippen molar-refractivity contribution in [2.45, 2.75) is 32.2 Å². The molecule has 0 saturated heterocycles. The minimum atomic E-state index is -1.51. The first-order valence-electron chi connectivity index (χ1n) is 10.1. The van der Waals surface area contributed by atoms with Crippen LogP contribution in [0.4, 0.5) is 5.69 Å². The first-order valence-corrected chi connectivity index (χ1v) is 10.5. The van der Waals surface area contributed by atoms with Gasteiger partial charge in [0.15, 0.2) is 6.10 Å². The van der Waals surface area contributed by atoms with E-state index in [0.29, 0.717) is 10.7 Å². The molecule has 32 heavy (non-hydrogen) atoms. The number of nitrogens with zero attached hydrogens (tertiary/aromatic N) is 1. The number of cyclic esters (lactones) is 1. The Morgan fingerprint density at radius 1 is 1.34 bits per heavy atom. The topological polar surface area (TPSA) is 130 Å². The fourth-order valence-corrected chi connectivity index (χ4v) is 4.73. The number of rotatable bonds is 3. The maximum atomic E-state index is 13.2. The quantitative estimate of drug-likeness (QED) is 0.505. The molecule has 0 saturated carbocycles. The van der Waals surface area contributed by atoms with Crippen molar-refractivity contribution in [3.05, 3.63) is 67.1 Å². The van der Waals surface area contributed by atoms with Gasteiger partial charge in [-0.15, -0.1) is 0 Å². The standard InChI is InChI=1S/C22H20ClN3O6/c1-9-2-10-12(5-24-18(28)7-27)13-6-26-17(19(13)25-16(10)4-15(9)23)3-11-14(21(26)30)8-32-22(31)20(11)29/h2-4,19-20,25,27,29H,5-8H2,1H3,(H,24,28). The van der Waals surface area contributed by atoms with Gasteiger partial charge in [0.05, 0.1) is 11.6 Å². The monoisotopic (exact) mass is 457 g/mol. The third-order valence-electron chi connectivity index (χ3n) is 6.23. The number of fused-ring (bicyclic) bond motifs is 5. The Bertz CT molecular complexity index is 1280. The van der Waals surface area contributed by atoms with Crippen molar-refractivity contribution in [3.63, 3.8) is 0 Å². The Kier molecular flexibility index (Phi) is 4.85. The fourth-order valence-electron chi connectivity index (χ4n) is 4.57. The molecule has 0 aliphatic carbocycles. The normalized spacial score (nSPS) is 20.6. The van der Waals surface area contributed by atoms with E-state index in [4.69, 9.17) is 21.4 Å². The number of pyridine rings is 1. The summed E-state index contributed by atoms with van der Waals surface area (Å²) in [6, 6.07) is 4.96. The van der Waals surface area contributed by atoms with Gasteiger partial charge >= 0.3 is 5.97 Å². The molecule has 2 unspecified atom stereocenters. The van der Waals surface area contributed by atoms with Gasteiger partial charge in [0.1, 0.15) is 13.2 Å². The lowest BCUT2D eigenvalue weighted by atomic mass is 9.88. The van der Waals surface area contributed by atoms with Crippen LogP contribution in [-0.4, -0.2) is 39.8 Å². The number of aliphatic hydroxyl groups is 2. The van der Waals surface area contributed by atoms with Crippen LogP contribution < -0.4 is 16.2 Å². The Hall–Kier alpha value is -3.14. The van der Waals surface area contributed by atoms with Gasteiger partial charge in [-0.2, -0.15) is 0 Å². The van der Waals surface area contributed by atoms with Crippen LogP contribution in [0.2, 0.25) is 5.02 Å². The number of halogens is 1. The van der Waals surface area contributed by atoms with Crippen molar-refractivity contribution >= 4 is 34.7 Å². The Morgan fingerprint density at radius 2 is 2.12 bits per heavy atom. The molecule has 166 valence electrons. The SMILES string of the molecule is Cc1cc2c(cc1Cl)NC1C(=C2CNC(=O)CO)Cn2c1cc1c(c2=O)COC(=O)C1O. The van der Waals surface area contributed by atoms with E-state index >= 15 is 0 Å². The predicted octanol–water partition coefficient (Wildman–Crippen LogP) is 0.943. The summed E-state index contributed by atoms with van der Waals surface area (Å²) in [4.78, 5) is 36.8. The number of carbonyl (C=O) groups is 2. The average Bonchev–Trinajstić information content (AvgIpc) is 3.14. The Morgan fingerprint density at radius 3 is 2.88 bits per heavy atom. The van der Waals surface area contributed by atoms with Crippen molar-refractivity contribution in [2.75, 3.05) is 18.5 Å². The van der Waals surface area contributed by atoms with Gasteiger partial charge in [0.2, 0.25) is 5.91 Å². The number of aliphatic hydroxyl groups excluding tert-OH is 2. The molecule has 10 heteroatoms. The predicted molar refractivity (Wildman–Crippen MR) is 115 cm³/mol. The van der Waals surface area contributed by atoms with E-state index in [1.807, 2.05) is 13.0 Å². The van der Waals surface area contributed by atoms with Crippen LogP contribution in [-0.2, 0) is 27.5 Å². The number of aromatic nitrogens is 1. The zero-order valence-electron chi connectivity index (χ0n) is 17.1. The van der Waals surface area contributed by atoms with Crippen LogP contribution in [0.15, 0.2) is 28.6 Å². The molecule has 0 fully saturated rings. The van der Waals surface area contributed by atoms with E-state index in [9.17, 15) is 19.5 Å². The van der Waals surface area contributed by atoms with Crippen LogP contribution in [0.5, 0.6) is 0 Å². The van der Waals surface area contributed by atoms with Crippen molar-refractivity contribution in [1.82, 2.24) is 9.88 Å². The number of aryl methyl sites for hydroxylation is 1. The molecule has 4 heterocycles. The highest BCUT2D eigenvalue weighted by Crippen LogP contribution is 2.46. The van der Waals surface area contributed by atoms with E-state index < -0.39 is 30.6 Å². The van der Waals surface area contributed by atoms with Crippen LogP contribution >= 0.6 is 11.6 Å². The summed E-state index contributed by atoms with van der Waals surface area (Å²) in [7, 11) is 0. The summed E-state index contributed by atoms with van der Waals surface area (Å²) < 4.78 is 6.52. The molecule has 3 aliphatic rings. The Labute approximate surface area is 187 Å². The molecular formula is C22H20ClN3O6. The second-order valence-electron chi connectivity index (χ2n) is 8.07. The number of hydrogen-bond donors (Lipinski definition) is 4. The lowest BCUT2D eigenvalue weighted by molar-refractivity contribution is -0.157. The smallest absolute Gasteiger partial charge is 0.340 e. The summed E-state index contributed by atoms with van der Waals surface area (Å²) in [5, 5.41) is 26.1. The Balaban J connectivity index is 1.68. The van der Waals surface area contributed by atoms with Gasteiger partial charge < -0.3 is 30.2 Å². The fraction of sp³-hybridized carbons (Fsp3) is 0.318. The van der Waals surface area contributed by atoms with Gasteiger partial charge in [-0.25, -0.2) is 4.79 Å². The molecule has 1 amide bonds. The van der Waals surface area contributed by atoms with E-state index in [-0.39, 0.29) is 36.4 Å². The summed E-state index contributed by atoms with van der Waals surface area (Å²) in [6.07, 6.45) is -1.51. The maximum absolute atomic E-state index is 13.2. The largest absolute Gasteiger partial charge is 0.458 e. The molecule has 2 atom stereocenters. The summed E-state index contributed by atoms with van der Waals surface area (Å²) in [5.74, 6) is -1.30. The summed E-state index contributed by atoms with van der Waals surface area (Å²) in [6.45, 7) is 1.50. The van der Waals surface area contributed by atoms with Gasteiger partial charge in [0, 0.05) is 40.6 Å². The van der Waals surface area contributed by atoms with Gasteiger partial charge in [-0.1, -0.05) is 11.6 Å². The van der Waals surface area contributed by atoms with Crippen LogP contribution in [0.1, 0.15) is 40.1 Å². The number of hydrogen-bond acceptors (Lipinski definition) is 7. The van der Waals surface area contributed by atoms with Gasteiger partial charge in [-0.3, -0.25) is 9.59 Å². The molecule has 0 radical (unpaired) electrons. The zero-order chi connectivity index (χ0) is 22.7. The van der Waals surface area contributed by atoms with Crippen LogP contribution in [0.25, 0.3) is 5.57 Å². The molecule has 9 nitrogen and oxygen atoms in total. The summed E-state index contributed by atoms with van der Waals surface area (Å²) in [5.41, 5.74) is 4.92. The molecule has 5 rings (SSSR count). The van der Waals surface area contributed by atoms with Crippen molar-refractivity contribution in [3.8, 4) is 0 Å². The van der Waals surface area contributed by atoms with E-state index in [1.165, 1.54) is 0 Å². The molecular weight excluding hydrogens is 438 g/mol. The molecule has 2 aromatic rings. The van der Waals surface area contributed by atoms with Crippen molar-refractivity contribution in [1.29, 1.82) is 0 Å². The number of amides is 1. The van der Waals surface area contributed by atoms with E-state index in [0.717, 1.165) is 28.0 Å². The molecule has 4 N–H and O–H groups in total. The molecule has 1 aromatic heterocycles. The first-order chi connectivity index (χ1) is 15.3. The van der Waals surface area contributed by atoms with Gasteiger partial charge in [-0.05, 0) is 41.8 Å². The number of ether oxygens (including phenoxy) is 1. The first kappa shape index (κ1) is 20.7. The summed E-state index contributed by atoms with van der Waals surface area (Å²) >= 11 is 6.34. The van der Waals surface area contributed by atoms with Crippen LogP contribution in [0, 0.1) is 6.92 Å². The highest BCUT2D eigenvalue weighted by Gasteiger charge is 2.39. The molecule has 3 aliphatic heterocycles. The third kappa shape index (κ3) is 3.04. The second kappa shape index (κ2) is 7.47. The lowest BCUT2D eigenvalue weighted by Crippen LogP contribution is -2.33. The molecule has 0 bridgehead atoms. The average molecular weight is 458 g/mol. The number of nitrogens with one attached hydrogen (secondary N) is 2. The number of carbonyl (C=O) groups excluding carboxylic acids is 2. The highest BCUT2D eigenvalue weighted by atomic mass is 35.5.